The van der Waals surface area contributed by atoms with Crippen LogP contribution in [0, 0.1) is 11.7 Å². The van der Waals surface area contributed by atoms with Crippen molar-refractivity contribution >= 4 is 0 Å². The molecule has 0 bridgehead atoms. The Morgan fingerprint density at radius 3 is 2.50 bits per heavy atom. The topological polar surface area (TPSA) is 15.3 Å². The number of piperidine rings is 1. The fourth-order valence-electron chi connectivity index (χ4n) is 3.00. The second-order valence-electron chi connectivity index (χ2n) is 5.98. The first kappa shape index (κ1) is 15.5. The van der Waals surface area contributed by atoms with Crippen LogP contribution in [-0.2, 0) is 6.54 Å². The van der Waals surface area contributed by atoms with Gasteiger partial charge in [-0.25, -0.2) is 4.39 Å². The maximum absolute atomic E-state index is 12.9. The molecule has 0 radical (unpaired) electrons. The van der Waals surface area contributed by atoms with E-state index in [1.807, 2.05) is 12.1 Å². The molecular formula is C17H27FN2. The highest BCUT2D eigenvalue weighted by Crippen LogP contribution is 2.22. The quantitative estimate of drug-likeness (QED) is 0.857. The first-order chi connectivity index (χ1) is 9.69. The smallest absolute Gasteiger partial charge is 0.123 e. The van der Waals surface area contributed by atoms with Crippen molar-refractivity contribution in [1.82, 2.24) is 10.2 Å². The van der Waals surface area contributed by atoms with Crippen LogP contribution in [0.15, 0.2) is 24.3 Å². The van der Waals surface area contributed by atoms with E-state index in [9.17, 15) is 4.39 Å². The van der Waals surface area contributed by atoms with Crippen LogP contribution in [0.4, 0.5) is 4.39 Å². The summed E-state index contributed by atoms with van der Waals surface area (Å²) in [6.45, 7) is 8.90. The van der Waals surface area contributed by atoms with E-state index in [0.29, 0.717) is 6.04 Å². The average molecular weight is 278 g/mol. The summed E-state index contributed by atoms with van der Waals surface area (Å²) in [5.74, 6) is 0.647. The van der Waals surface area contributed by atoms with Gasteiger partial charge in [-0.1, -0.05) is 19.1 Å². The van der Waals surface area contributed by atoms with E-state index >= 15 is 0 Å². The van der Waals surface area contributed by atoms with Crippen LogP contribution in [0.2, 0.25) is 0 Å². The molecule has 3 heteroatoms. The van der Waals surface area contributed by atoms with Gasteiger partial charge in [-0.05, 0) is 69.4 Å². The van der Waals surface area contributed by atoms with Gasteiger partial charge in [0.2, 0.25) is 0 Å². The van der Waals surface area contributed by atoms with Crippen molar-refractivity contribution < 1.29 is 4.39 Å². The van der Waals surface area contributed by atoms with Gasteiger partial charge in [0.1, 0.15) is 5.82 Å². The van der Waals surface area contributed by atoms with Gasteiger partial charge in [-0.2, -0.15) is 0 Å². The SMILES string of the molecule is CCCNC(C)C1CCN(Cc2ccc(F)cc2)CC1. The van der Waals surface area contributed by atoms with Gasteiger partial charge < -0.3 is 5.32 Å². The van der Waals surface area contributed by atoms with Gasteiger partial charge in [-0.3, -0.25) is 4.90 Å². The zero-order valence-electron chi connectivity index (χ0n) is 12.7. The maximum atomic E-state index is 12.9. The van der Waals surface area contributed by atoms with E-state index in [4.69, 9.17) is 0 Å². The van der Waals surface area contributed by atoms with Crippen LogP contribution in [0.5, 0.6) is 0 Å². The monoisotopic (exact) mass is 278 g/mol. The third-order valence-corrected chi connectivity index (χ3v) is 4.38. The lowest BCUT2D eigenvalue weighted by atomic mass is 9.90. The van der Waals surface area contributed by atoms with Crippen LogP contribution in [0.3, 0.4) is 0 Å². The lowest BCUT2D eigenvalue weighted by molar-refractivity contribution is 0.156. The Hall–Kier alpha value is -0.930. The van der Waals surface area contributed by atoms with E-state index in [2.05, 4.69) is 24.1 Å². The highest BCUT2D eigenvalue weighted by Gasteiger charge is 2.23. The summed E-state index contributed by atoms with van der Waals surface area (Å²) in [7, 11) is 0. The number of hydrogen-bond acceptors (Lipinski definition) is 2. The molecule has 1 saturated heterocycles. The van der Waals surface area contributed by atoms with Crippen molar-refractivity contribution in [1.29, 1.82) is 0 Å². The molecule has 0 aliphatic carbocycles. The standard InChI is InChI=1S/C17H27FN2/c1-3-10-19-14(2)16-8-11-20(12-9-16)13-15-4-6-17(18)7-5-15/h4-7,14,16,19H,3,8-13H2,1-2H3. The number of rotatable bonds is 6. The average Bonchev–Trinajstić information content (AvgIpc) is 2.48. The number of nitrogens with one attached hydrogen (secondary N) is 1. The molecule has 1 aliphatic heterocycles. The van der Waals surface area contributed by atoms with Crippen LogP contribution in [0.1, 0.15) is 38.7 Å². The molecule has 1 atom stereocenters. The van der Waals surface area contributed by atoms with Gasteiger partial charge in [0.05, 0.1) is 0 Å². The van der Waals surface area contributed by atoms with Gasteiger partial charge in [0, 0.05) is 12.6 Å². The summed E-state index contributed by atoms with van der Waals surface area (Å²) in [4.78, 5) is 2.48. The zero-order valence-corrected chi connectivity index (χ0v) is 12.7. The van der Waals surface area contributed by atoms with Gasteiger partial charge in [0.25, 0.3) is 0 Å². The molecule has 2 rings (SSSR count). The summed E-state index contributed by atoms with van der Waals surface area (Å²) < 4.78 is 12.9. The molecule has 112 valence electrons. The Balaban J connectivity index is 1.75. The molecule has 2 nitrogen and oxygen atoms in total. The Labute approximate surface area is 122 Å². The Morgan fingerprint density at radius 2 is 1.90 bits per heavy atom. The lowest BCUT2D eigenvalue weighted by Crippen LogP contribution is -2.41. The molecule has 0 aromatic heterocycles. The predicted molar refractivity (Wildman–Crippen MR) is 82.2 cm³/mol. The van der Waals surface area contributed by atoms with E-state index < -0.39 is 0 Å². The minimum Gasteiger partial charge on any atom is -0.314 e. The lowest BCUT2D eigenvalue weighted by Gasteiger charge is -2.35. The molecule has 0 spiro atoms. The van der Waals surface area contributed by atoms with Crippen molar-refractivity contribution in [2.24, 2.45) is 5.92 Å². The van der Waals surface area contributed by atoms with E-state index in [1.165, 1.54) is 24.8 Å². The molecule has 1 aromatic rings. The first-order valence-corrected chi connectivity index (χ1v) is 7.89. The molecule has 1 heterocycles. The number of nitrogens with zero attached hydrogens (tertiary/aromatic N) is 1. The summed E-state index contributed by atoms with van der Waals surface area (Å²) in [6, 6.07) is 7.53. The Bertz CT molecular complexity index is 382. The molecule has 1 N–H and O–H groups in total. The third-order valence-electron chi connectivity index (χ3n) is 4.38. The van der Waals surface area contributed by atoms with E-state index in [0.717, 1.165) is 32.1 Å². The number of benzene rings is 1. The largest absolute Gasteiger partial charge is 0.314 e. The molecule has 1 fully saturated rings. The minimum atomic E-state index is -0.150. The van der Waals surface area contributed by atoms with Crippen LogP contribution >= 0.6 is 0 Å². The Kier molecular flexibility index (Phi) is 5.99. The predicted octanol–water partition coefficient (Wildman–Crippen LogP) is 3.43. The summed E-state index contributed by atoms with van der Waals surface area (Å²) >= 11 is 0. The summed E-state index contributed by atoms with van der Waals surface area (Å²) in [5.41, 5.74) is 1.21. The molecule has 0 saturated carbocycles. The fourth-order valence-corrected chi connectivity index (χ4v) is 3.00. The summed E-state index contributed by atoms with van der Waals surface area (Å²) in [6.07, 6.45) is 3.73. The molecule has 1 unspecified atom stereocenters. The van der Waals surface area contributed by atoms with Crippen LogP contribution in [0.25, 0.3) is 0 Å². The van der Waals surface area contributed by atoms with Gasteiger partial charge in [0.15, 0.2) is 0 Å². The third kappa shape index (κ3) is 4.57. The van der Waals surface area contributed by atoms with Crippen LogP contribution < -0.4 is 5.32 Å². The number of halogens is 1. The number of hydrogen-bond donors (Lipinski definition) is 1. The van der Waals surface area contributed by atoms with Crippen molar-refractivity contribution in [3.63, 3.8) is 0 Å². The number of likely N-dealkylation sites (tertiary alicyclic amines) is 1. The highest BCUT2D eigenvalue weighted by atomic mass is 19.1. The van der Waals surface area contributed by atoms with E-state index in [1.54, 1.807) is 12.1 Å². The van der Waals surface area contributed by atoms with E-state index in [-0.39, 0.29) is 5.82 Å². The minimum absolute atomic E-state index is 0.150. The summed E-state index contributed by atoms with van der Waals surface area (Å²) in [5, 5.41) is 3.61. The Morgan fingerprint density at radius 1 is 1.25 bits per heavy atom. The molecule has 20 heavy (non-hydrogen) atoms. The zero-order chi connectivity index (χ0) is 14.4. The maximum Gasteiger partial charge on any atom is 0.123 e. The van der Waals surface area contributed by atoms with Crippen molar-refractivity contribution in [3.8, 4) is 0 Å². The van der Waals surface area contributed by atoms with Gasteiger partial charge >= 0.3 is 0 Å². The normalized spacial score (nSPS) is 19.1. The second kappa shape index (κ2) is 7.75. The highest BCUT2D eigenvalue weighted by molar-refractivity contribution is 5.15. The second-order valence-corrected chi connectivity index (χ2v) is 5.98. The van der Waals surface area contributed by atoms with Crippen LogP contribution in [-0.4, -0.2) is 30.6 Å². The van der Waals surface area contributed by atoms with Gasteiger partial charge in [-0.15, -0.1) is 0 Å². The first-order valence-electron chi connectivity index (χ1n) is 7.89. The fraction of sp³-hybridized carbons (Fsp3) is 0.647. The van der Waals surface area contributed by atoms with Crippen molar-refractivity contribution in [2.75, 3.05) is 19.6 Å². The molecular weight excluding hydrogens is 251 g/mol. The van der Waals surface area contributed by atoms with Crippen molar-refractivity contribution in [3.05, 3.63) is 35.6 Å². The molecule has 1 aromatic carbocycles. The van der Waals surface area contributed by atoms with Crippen molar-refractivity contribution in [2.45, 2.75) is 45.7 Å². The molecule has 1 aliphatic rings. The molecule has 0 amide bonds.